The van der Waals surface area contributed by atoms with Crippen LogP contribution < -0.4 is 11.2 Å². The van der Waals surface area contributed by atoms with Crippen LogP contribution in [0, 0.1) is 0 Å². The van der Waals surface area contributed by atoms with Gasteiger partial charge in [-0.1, -0.05) is 6.07 Å². The van der Waals surface area contributed by atoms with Crippen LogP contribution in [-0.2, 0) is 38.5 Å². The molecule has 9 nitrogen and oxygen atoms in total. The van der Waals surface area contributed by atoms with E-state index in [1.54, 1.807) is 30.8 Å². The number of hydrogen-bond donors (Lipinski definition) is 1. The second-order valence-electron chi connectivity index (χ2n) is 4.75. The van der Waals surface area contributed by atoms with Crippen LogP contribution >= 0.6 is 0 Å². The molecule has 0 aliphatic heterocycles. The molecule has 0 atom stereocenters. The van der Waals surface area contributed by atoms with E-state index < -0.39 is 5.97 Å². The van der Waals surface area contributed by atoms with E-state index in [-0.39, 0.29) is 34.3 Å². The van der Waals surface area contributed by atoms with Crippen molar-refractivity contribution >= 4 is 17.1 Å². The van der Waals surface area contributed by atoms with E-state index in [2.05, 4.69) is 9.97 Å². The number of aromatic nitrogens is 5. The number of rotatable bonds is 1. The van der Waals surface area contributed by atoms with Gasteiger partial charge in [0.05, 0.1) is 6.33 Å². The Hall–Kier alpha value is -2.70. The first kappa shape index (κ1) is 19.3. The van der Waals surface area contributed by atoms with Crippen LogP contribution in [0.5, 0.6) is 0 Å². The van der Waals surface area contributed by atoms with Crippen molar-refractivity contribution in [2.75, 3.05) is 0 Å². The van der Waals surface area contributed by atoms with E-state index >= 15 is 0 Å². The molecule has 0 unspecified atom stereocenters. The van der Waals surface area contributed by atoms with Gasteiger partial charge in [0.1, 0.15) is 5.69 Å². The fourth-order valence-electron chi connectivity index (χ4n) is 1.96. The molecule has 0 aliphatic rings. The number of hydrogen-bond acceptors (Lipinski definition) is 5. The van der Waals surface area contributed by atoms with E-state index in [4.69, 9.17) is 5.11 Å². The quantitative estimate of drug-likeness (QED) is 0.633. The maximum atomic E-state index is 11.7. The molecule has 0 saturated carbocycles. The average Bonchev–Trinajstić information content (AvgIpc) is 2.94. The minimum Gasteiger partial charge on any atom is -0.477 e. The number of pyridine rings is 1. The second-order valence-corrected chi connectivity index (χ2v) is 4.75. The minimum atomic E-state index is -0.990. The van der Waals surface area contributed by atoms with Crippen molar-refractivity contribution in [3.05, 3.63) is 57.3 Å². The van der Waals surface area contributed by atoms with Gasteiger partial charge in [-0.2, -0.15) is 0 Å². The Morgan fingerprint density at radius 2 is 1.75 bits per heavy atom. The van der Waals surface area contributed by atoms with Gasteiger partial charge in [-0.05, 0) is 12.1 Å². The normalized spacial score (nSPS) is 9.79. The fourth-order valence-corrected chi connectivity index (χ4v) is 1.96. The Morgan fingerprint density at radius 1 is 1.08 bits per heavy atom. The Kier molecular flexibility index (Phi) is 6.22. The van der Waals surface area contributed by atoms with Crippen molar-refractivity contribution in [2.24, 2.45) is 21.1 Å². The molecule has 0 aliphatic carbocycles. The number of carboxylic acid groups (broad SMARTS) is 1. The molecule has 126 valence electrons. The van der Waals surface area contributed by atoms with E-state index in [9.17, 15) is 14.4 Å². The van der Waals surface area contributed by atoms with Gasteiger partial charge in [0.2, 0.25) is 0 Å². The number of imidazole rings is 1. The van der Waals surface area contributed by atoms with Crippen molar-refractivity contribution in [1.82, 2.24) is 23.7 Å². The van der Waals surface area contributed by atoms with E-state index in [0.29, 0.717) is 11.2 Å². The van der Waals surface area contributed by atoms with Crippen LogP contribution in [0.4, 0.5) is 0 Å². The zero-order valence-corrected chi connectivity index (χ0v) is 14.5. The van der Waals surface area contributed by atoms with Crippen molar-refractivity contribution in [3.8, 4) is 0 Å². The predicted molar refractivity (Wildman–Crippen MR) is 82.4 cm³/mol. The molecule has 0 radical (unpaired) electrons. The van der Waals surface area contributed by atoms with Crippen molar-refractivity contribution in [2.45, 2.75) is 0 Å². The molecule has 0 aromatic carbocycles. The van der Waals surface area contributed by atoms with Gasteiger partial charge in [0, 0.05) is 44.7 Å². The average molecular weight is 369 g/mol. The third-order valence-electron chi connectivity index (χ3n) is 3.20. The van der Waals surface area contributed by atoms with Crippen LogP contribution in [-0.4, -0.2) is 34.7 Å². The second kappa shape index (κ2) is 7.72. The first-order chi connectivity index (χ1) is 10.8. The Morgan fingerprint density at radius 3 is 2.25 bits per heavy atom. The molecule has 10 heteroatoms. The predicted octanol–water partition coefficient (Wildman–Crippen LogP) is -0.252. The molecule has 0 bridgehead atoms. The molecule has 3 heterocycles. The van der Waals surface area contributed by atoms with Crippen LogP contribution in [0.25, 0.3) is 11.2 Å². The molecule has 3 rings (SSSR count). The van der Waals surface area contributed by atoms with Gasteiger partial charge in [-0.3, -0.25) is 13.9 Å². The zero-order chi connectivity index (χ0) is 17.1. The summed E-state index contributed by atoms with van der Waals surface area (Å²) in [5, 5.41) is 8.32. The summed E-state index contributed by atoms with van der Waals surface area (Å²) >= 11 is 0. The third-order valence-corrected chi connectivity index (χ3v) is 3.20. The molecule has 0 spiro atoms. The van der Waals surface area contributed by atoms with Crippen molar-refractivity contribution < 1.29 is 27.3 Å². The number of carboxylic acids is 1. The first-order valence-electron chi connectivity index (χ1n) is 6.56. The largest absolute Gasteiger partial charge is 0.477 e. The molecule has 0 fully saturated rings. The number of nitrogens with zero attached hydrogens (tertiary/aromatic N) is 5. The SMILES string of the molecule is Cn1c(=O)c2c(ncn2C)n(C)c1=O.O=C(O)c1ccccn1.[Cr]. The van der Waals surface area contributed by atoms with Crippen LogP contribution in [0.1, 0.15) is 10.5 Å². The number of aryl methyl sites for hydroxylation is 2. The van der Waals surface area contributed by atoms with Crippen LogP contribution in [0.15, 0.2) is 40.3 Å². The van der Waals surface area contributed by atoms with Gasteiger partial charge in [-0.25, -0.2) is 19.6 Å². The van der Waals surface area contributed by atoms with Gasteiger partial charge in [0.15, 0.2) is 11.2 Å². The number of aromatic carboxylic acids is 1. The summed E-state index contributed by atoms with van der Waals surface area (Å²) in [7, 11) is 4.77. The standard InChI is InChI=1S/C8H10N4O2.C6H5NO2.Cr/c1-10-4-9-6-5(10)7(13)12(3)8(14)11(6)2;8-6(9)5-3-1-2-4-7-5;/h4H,1-3H3;1-4H,(H,8,9);. The summed E-state index contributed by atoms with van der Waals surface area (Å²) in [4.78, 5) is 40.9. The van der Waals surface area contributed by atoms with E-state index in [1.165, 1.54) is 30.2 Å². The maximum absolute atomic E-state index is 11.7. The molecule has 3 aromatic rings. The summed E-state index contributed by atoms with van der Waals surface area (Å²) in [6, 6.07) is 4.76. The molecule has 0 amide bonds. The minimum absolute atomic E-state index is 0. The maximum Gasteiger partial charge on any atom is 0.354 e. The fraction of sp³-hybridized carbons (Fsp3) is 0.214. The molecular weight excluding hydrogens is 354 g/mol. The zero-order valence-electron chi connectivity index (χ0n) is 13.2. The Labute approximate surface area is 147 Å². The van der Waals surface area contributed by atoms with Crippen molar-refractivity contribution in [3.63, 3.8) is 0 Å². The van der Waals surface area contributed by atoms with Crippen LogP contribution in [0.3, 0.4) is 0 Å². The third kappa shape index (κ3) is 3.61. The molecule has 0 saturated heterocycles. The first-order valence-corrected chi connectivity index (χ1v) is 6.56. The summed E-state index contributed by atoms with van der Waals surface area (Å²) < 4.78 is 4.04. The Balaban J connectivity index is 0.000000252. The van der Waals surface area contributed by atoms with Gasteiger partial charge in [0.25, 0.3) is 5.56 Å². The molecule has 3 aromatic heterocycles. The summed E-state index contributed by atoms with van der Waals surface area (Å²) in [5.41, 5.74) is 0.261. The summed E-state index contributed by atoms with van der Waals surface area (Å²) in [5.74, 6) is -0.990. The monoisotopic (exact) mass is 369 g/mol. The number of fused-ring (bicyclic) bond motifs is 1. The van der Waals surface area contributed by atoms with Gasteiger partial charge >= 0.3 is 11.7 Å². The summed E-state index contributed by atoms with van der Waals surface area (Å²) in [6.45, 7) is 0. The topological polar surface area (TPSA) is 112 Å². The van der Waals surface area contributed by atoms with Crippen molar-refractivity contribution in [1.29, 1.82) is 0 Å². The van der Waals surface area contributed by atoms with E-state index in [0.717, 1.165) is 4.57 Å². The van der Waals surface area contributed by atoms with Gasteiger partial charge < -0.3 is 9.67 Å². The van der Waals surface area contributed by atoms with E-state index in [1.807, 2.05) is 0 Å². The Bertz CT molecular complexity index is 974. The summed E-state index contributed by atoms with van der Waals surface area (Å²) in [6.07, 6.45) is 2.97. The van der Waals surface area contributed by atoms with Gasteiger partial charge in [-0.15, -0.1) is 0 Å². The number of carbonyl (C=O) groups is 1. The van der Waals surface area contributed by atoms with Crippen LogP contribution in [0.2, 0.25) is 0 Å². The molecular formula is C14H15CrN5O4. The smallest absolute Gasteiger partial charge is 0.354 e. The molecule has 24 heavy (non-hydrogen) atoms. The molecule has 1 N–H and O–H groups in total.